The number of rotatable bonds is 3. The molecule has 0 bridgehead atoms. The van der Waals surface area contributed by atoms with Crippen molar-refractivity contribution < 1.29 is 17.6 Å². The van der Waals surface area contributed by atoms with Crippen LogP contribution in [0.3, 0.4) is 0 Å². The van der Waals surface area contributed by atoms with Crippen molar-refractivity contribution in [1.29, 1.82) is 0 Å². The first-order valence-electron chi connectivity index (χ1n) is 5.70. The maximum Gasteiger partial charge on any atom is 0.134 e. The molecule has 106 valence electrons. The van der Waals surface area contributed by atoms with Crippen LogP contribution in [0.2, 0.25) is 0 Å². The van der Waals surface area contributed by atoms with Crippen LogP contribution in [0.1, 0.15) is 17.2 Å². The van der Waals surface area contributed by atoms with E-state index in [0.717, 1.165) is 6.07 Å². The highest BCUT2D eigenvalue weighted by Gasteiger charge is 2.22. The molecule has 2 aromatic carbocycles. The molecule has 0 aliphatic heterocycles. The fraction of sp³-hybridized carbons (Fsp3) is 0.143. The second-order valence-electron chi connectivity index (χ2n) is 4.21. The minimum Gasteiger partial charge on any atom is -0.309 e. The second kappa shape index (κ2) is 5.93. The smallest absolute Gasteiger partial charge is 0.134 e. The van der Waals surface area contributed by atoms with Gasteiger partial charge in [0.1, 0.15) is 23.3 Å². The van der Waals surface area contributed by atoms with Gasteiger partial charge in [0.2, 0.25) is 0 Å². The normalized spacial score (nSPS) is 12.5. The van der Waals surface area contributed by atoms with Crippen LogP contribution in [0.25, 0.3) is 0 Å². The Balaban J connectivity index is 2.58. The molecule has 1 unspecified atom stereocenters. The number of halogens is 5. The Labute approximate surface area is 121 Å². The van der Waals surface area contributed by atoms with Crippen LogP contribution in [0.5, 0.6) is 0 Å². The third kappa shape index (κ3) is 3.02. The highest BCUT2D eigenvalue weighted by molar-refractivity contribution is 9.10. The predicted molar refractivity (Wildman–Crippen MR) is 71.3 cm³/mol. The van der Waals surface area contributed by atoms with E-state index in [9.17, 15) is 17.6 Å². The van der Waals surface area contributed by atoms with Crippen LogP contribution in [0.15, 0.2) is 34.8 Å². The minimum atomic E-state index is -1.03. The van der Waals surface area contributed by atoms with Gasteiger partial charge in [-0.2, -0.15) is 0 Å². The van der Waals surface area contributed by atoms with Gasteiger partial charge >= 0.3 is 0 Å². The molecule has 20 heavy (non-hydrogen) atoms. The monoisotopic (exact) mass is 347 g/mol. The maximum atomic E-state index is 13.8. The van der Waals surface area contributed by atoms with Crippen molar-refractivity contribution in [3.63, 3.8) is 0 Å². The van der Waals surface area contributed by atoms with Crippen molar-refractivity contribution in [3.05, 3.63) is 69.2 Å². The summed E-state index contributed by atoms with van der Waals surface area (Å²) in [5.41, 5.74) is -0.0322. The first kappa shape index (κ1) is 15.0. The van der Waals surface area contributed by atoms with Crippen molar-refractivity contribution >= 4 is 15.9 Å². The fourth-order valence-corrected chi connectivity index (χ4v) is 2.53. The minimum absolute atomic E-state index is 0.323. The molecular weight excluding hydrogens is 338 g/mol. The van der Waals surface area contributed by atoms with Crippen molar-refractivity contribution in [2.24, 2.45) is 0 Å². The summed E-state index contributed by atoms with van der Waals surface area (Å²) in [6.07, 6.45) is 0. The summed E-state index contributed by atoms with van der Waals surface area (Å²) in [6, 6.07) is 4.19. The summed E-state index contributed by atoms with van der Waals surface area (Å²) in [4.78, 5) is 0. The van der Waals surface area contributed by atoms with Gasteiger partial charge in [-0.15, -0.1) is 0 Å². The van der Waals surface area contributed by atoms with Crippen LogP contribution >= 0.6 is 15.9 Å². The standard InChI is InChI=1S/C14H10BrF4N/c1-20-14(7-2-8(15)4-9(16)3-7)13-11(18)5-10(17)6-12(13)19/h2-6,14,20H,1H3. The molecule has 0 aliphatic carbocycles. The summed E-state index contributed by atoms with van der Waals surface area (Å²) in [7, 11) is 1.48. The van der Waals surface area contributed by atoms with Gasteiger partial charge in [0.25, 0.3) is 0 Å². The SMILES string of the molecule is CNC(c1cc(F)cc(Br)c1)c1c(F)cc(F)cc1F. The number of benzene rings is 2. The van der Waals surface area contributed by atoms with E-state index in [4.69, 9.17) is 0 Å². The van der Waals surface area contributed by atoms with Crippen molar-refractivity contribution in [1.82, 2.24) is 5.32 Å². The van der Waals surface area contributed by atoms with Gasteiger partial charge in [-0.05, 0) is 30.8 Å². The predicted octanol–water partition coefficient (Wildman–Crippen LogP) is 4.31. The second-order valence-corrected chi connectivity index (χ2v) is 5.12. The van der Waals surface area contributed by atoms with Gasteiger partial charge < -0.3 is 5.32 Å². The first-order chi connectivity index (χ1) is 9.42. The molecule has 0 heterocycles. The summed E-state index contributed by atoms with van der Waals surface area (Å²) in [5.74, 6) is -3.60. The number of nitrogens with one attached hydrogen (secondary N) is 1. The molecule has 0 fully saturated rings. The molecule has 1 N–H and O–H groups in total. The van der Waals surface area contributed by atoms with Crippen LogP contribution < -0.4 is 5.32 Å². The molecular formula is C14H10BrF4N. The molecule has 0 aliphatic rings. The molecule has 1 nitrogen and oxygen atoms in total. The summed E-state index contributed by atoms with van der Waals surface area (Å²) < 4.78 is 54.4. The van der Waals surface area contributed by atoms with E-state index in [0.29, 0.717) is 22.2 Å². The van der Waals surface area contributed by atoms with Gasteiger partial charge in [0, 0.05) is 22.2 Å². The fourth-order valence-electron chi connectivity index (χ4n) is 2.05. The largest absolute Gasteiger partial charge is 0.309 e. The lowest BCUT2D eigenvalue weighted by atomic mass is 9.97. The Morgan fingerprint density at radius 1 is 0.900 bits per heavy atom. The quantitative estimate of drug-likeness (QED) is 0.815. The lowest BCUT2D eigenvalue weighted by molar-refractivity contribution is 0.499. The van der Waals surface area contributed by atoms with Gasteiger partial charge in [0.15, 0.2) is 0 Å². The van der Waals surface area contributed by atoms with Crippen LogP contribution in [-0.4, -0.2) is 7.05 Å². The molecule has 0 saturated heterocycles. The first-order valence-corrected chi connectivity index (χ1v) is 6.49. The Morgan fingerprint density at radius 2 is 1.45 bits per heavy atom. The summed E-state index contributed by atoms with van der Waals surface area (Å²) >= 11 is 3.12. The molecule has 0 radical (unpaired) electrons. The number of hydrogen-bond acceptors (Lipinski definition) is 1. The van der Waals surface area contributed by atoms with Crippen LogP contribution in [-0.2, 0) is 0 Å². The van der Waals surface area contributed by atoms with Gasteiger partial charge in [-0.1, -0.05) is 15.9 Å². The molecule has 0 amide bonds. The van der Waals surface area contributed by atoms with E-state index in [2.05, 4.69) is 21.2 Å². The van der Waals surface area contributed by atoms with Crippen LogP contribution in [0.4, 0.5) is 17.6 Å². The number of hydrogen-bond donors (Lipinski definition) is 1. The summed E-state index contributed by atoms with van der Waals surface area (Å²) in [6.45, 7) is 0. The van der Waals surface area contributed by atoms with E-state index in [1.54, 1.807) is 0 Å². The molecule has 0 spiro atoms. The average Bonchev–Trinajstić information content (AvgIpc) is 2.32. The van der Waals surface area contributed by atoms with Gasteiger partial charge in [-0.25, -0.2) is 17.6 Å². The van der Waals surface area contributed by atoms with Gasteiger partial charge in [0.05, 0.1) is 6.04 Å². The Kier molecular flexibility index (Phi) is 4.45. The third-order valence-electron chi connectivity index (χ3n) is 2.84. The molecule has 2 rings (SSSR count). The Bertz CT molecular complexity index is 602. The zero-order chi connectivity index (χ0) is 14.9. The van der Waals surface area contributed by atoms with E-state index >= 15 is 0 Å². The van der Waals surface area contributed by atoms with Crippen LogP contribution in [0, 0.1) is 23.3 Å². The van der Waals surface area contributed by atoms with E-state index in [-0.39, 0.29) is 5.56 Å². The zero-order valence-electron chi connectivity index (χ0n) is 10.4. The molecule has 6 heteroatoms. The third-order valence-corrected chi connectivity index (χ3v) is 3.30. The van der Waals surface area contributed by atoms with Crippen molar-refractivity contribution in [2.75, 3.05) is 7.05 Å². The van der Waals surface area contributed by atoms with E-state index in [1.807, 2.05) is 0 Å². The Morgan fingerprint density at radius 3 is 1.95 bits per heavy atom. The molecule has 0 aromatic heterocycles. The lowest BCUT2D eigenvalue weighted by Gasteiger charge is -2.19. The Hall–Kier alpha value is -1.40. The van der Waals surface area contributed by atoms with Gasteiger partial charge in [-0.3, -0.25) is 0 Å². The molecule has 2 aromatic rings. The molecule has 0 saturated carbocycles. The van der Waals surface area contributed by atoms with E-state index in [1.165, 1.54) is 19.2 Å². The topological polar surface area (TPSA) is 12.0 Å². The highest BCUT2D eigenvalue weighted by atomic mass is 79.9. The molecule has 1 atom stereocenters. The summed E-state index contributed by atoms with van der Waals surface area (Å²) in [5, 5.41) is 2.70. The highest BCUT2D eigenvalue weighted by Crippen LogP contribution is 2.29. The lowest BCUT2D eigenvalue weighted by Crippen LogP contribution is -2.21. The average molecular weight is 348 g/mol. The van der Waals surface area contributed by atoms with Crippen molar-refractivity contribution in [3.8, 4) is 0 Å². The maximum absolute atomic E-state index is 13.8. The van der Waals surface area contributed by atoms with E-state index < -0.39 is 29.3 Å². The van der Waals surface area contributed by atoms with Crippen molar-refractivity contribution in [2.45, 2.75) is 6.04 Å². The zero-order valence-corrected chi connectivity index (χ0v) is 11.9.